The highest BCUT2D eigenvalue weighted by Crippen LogP contribution is 2.30. The highest BCUT2D eigenvalue weighted by Gasteiger charge is 2.36. The molecule has 0 aromatic carbocycles. The number of hydrogen-bond acceptors (Lipinski definition) is 5. The van der Waals surface area contributed by atoms with Crippen molar-refractivity contribution in [2.24, 2.45) is 5.92 Å². The zero-order valence-electron chi connectivity index (χ0n) is 16.3. The summed E-state index contributed by atoms with van der Waals surface area (Å²) < 4.78 is 7.03. The van der Waals surface area contributed by atoms with E-state index in [9.17, 15) is 9.59 Å². The van der Waals surface area contributed by atoms with Crippen LogP contribution in [0.2, 0.25) is 0 Å². The van der Waals surface area contributed by atoms with Gasteiger partial charge in [0, 0.05) is 25.6 Å². The SMILES string of the molecule is COC1CCCC(C(=O)N2CCC[C@H]2Cn2nc(-c3cccs3)ccc2=O)C1. The van der Waals surface area contributed by atoms with Crippen molar-refractivity contribution in [3.63, 3.8) is 0 Å². The summed E-state index contributed by atoms with van der Waals surface area (Å²) in [6.07, 6.45) is 5.92. The lowest BCUT2D eigenvalue weighted by Gasteiger charge is -2.33. The molecule has 0 bridgehead atoms. The number of hydrogen-bond donors (Lipinski definition) is 0. The molecule has 2 unspecified atom stereocenters. The maximum Gasteiger partial charge on any atom is 0.266 e. The first-order valence-corrected chi connectivity index (χ1v) is 11.0. The molecule has 150 valence electrons. The van der Waals surface area contributed by atoms with E-state index < -0.39 is 0 Å². The Morgan fingerprint density at radius 1 is 1.25 bits per heavy atom. The first kappa shape index (κ1) is 19.3. The molecular formula is C21H27N3O3S. The zero-order chi connectivity index (χ0) is 19.5. The summed E-state index contributed by atoms with van der Waals surface area (Å²) in [6.45, 7) is 1.24. The molecule has 3 heterocycles. The first-order chi connectivity index (χ1) is 13.7. The van der Waals surface area contributed by atoms with Crippen LogP contribution in [-0.2, 0) is 16.1 Å². The van der Waals surface area contributed by atoms with Gasteiger partial charge in [-0.15, -0.1) is 11.3 Å². The molecule has 2 fully saturated rings. The molecule has 1 saturated carbocycles. The maximum atomic E-state index is 13.2. The van der Waals surface area contributed by atoms with E-state index in [0.717, 1.165) is 55.6 Å². The first-order valence-electron chi connectivity index (χ1n) is 10.1. The number of thiophene rings is 1. The third-order valence-corrected chi connectivity index (χ3v) is 6.89. The minimum Gasteiger partial charge on any atom is -0.381 e. The minimum absolute atomic E-state index is 0.0409. The Hall–Kier alpha value is -1.99. The van der Waals surface area contributed by atoms with Crippen LogP contribution in [0.25, 0.3) is 10.6 Å². The summed E-state index contributed by atoms with van der Waals surface area (Å²) in [5.74, 6) is 0.271. The molecule has 0 radical (unpaired) electrons. The van der Waals surface area contributed by atoms with Crippen LogP contribution in [0.5, 0.6) is 0 Å². The van der Waals surface area contributed by atoms with E-state index in [2.05, 4.69) is 5.10 Å². The number of amides is 1. The molecule has 1 saturated heterocycles. The Labute approximate surface area is 169 Å². The van der Waals surface area contributed by atoms with Gasteiger partial charge in [-0.3, -0.25) is 9.59 Å². The van der Waals surface area contributed by atoms with Gasteiger partial charge in [0.2, 0.25) is 5.91 Å². The van der Waals surface area contributed by atoms with Gasteiger partial charge in [-0.05, 0) is 49.6 Å². The van der Waals surface area contributed by atoms with Crippen molar-refractivity contribution in [2.75, 3.05) is 13.7 Å². The fraction of sp³-hybridized carbons (Fsp3) is 0.571. The summed E-state index contributed by atoms with van der Waals surface area (Å²) >= 11 is 1.61. The van der Waals surface area contributed by atoms with Crippen molar-refractivity contribution < 1.29 is 9.53 Å². The number of carbonyl (C=O) groups excluding carboxylic acids is 1. The van der Waals surface area contributed by atoms with Crippen LogP contribution < -0.4 is 5.56 Å². The van der Waals surface area contributed by atoms with Crippen LogP contribution in [0.15, 0.2) is 34.4 Å². The lowest BCUT2D eigenvalue weighted by molar-refractivity contribution is -0.139. The van der Waals surface area contributed by atoms with Crippen molar-refractivity contribution in [2.45, 2.75) is 57.2 Å². The van der Waals surface area contributed by atoms with E-state index >= 15 is 0 Å². The summed E-state index contributed by atoms with van der Waals surface area (Å²) in [5, 5.41) is 6.57. The predicted molar refractivity (Wildman–Crippen MR) is 109 cm³/mol. The van der Waals surface area contributed by atoms with Gasteiger partial charge in [-0.25, -0.2) is 4.68 Å². The predicted octanol–water partition coefficient (Wildman–Crippen LogP) is 3.17. The molecule has 6 nitrogen and oxygen atoms in total. The van der Waals surface area contributed by atoms with Gasteiger partial charge < -0.3 is 9.64 Å². The molecule has 1 aliphatic carbocycles. The van der Waals surface area contributed by atoms with Gasteiger partial charge in [-0.1, -0.05) is 12.5 Å². The Morgan fingerprint density at radius 2 is 2.14 bits per heavy atom. The number of ether oxygens (including phenoxy) is 1. The van der Waals surface area contributed by atoms with Gasteiger partial charge >= 0.3 is 0 Å². The number of methoxy groups -OCH3 is 1. The van der Waals surface area contributed by atoms with Gasteiger partial charge in [0.05, 0.1) is 23.6 Å². The van der Waals surface area contributed by atoms with Crippen molar-refractivity contribution in [1.29, 1.82) is 0 Å². The molecule has 2 aromatic rings. The molecule has 4 rings (SSSR count). The third-order valence-electron chi connectivity index (χ3n) is 5.99. The largest absolute Gasteiger partial charge is 0.381 e. The van der Waals surface area contributed by atoms with Crippen molar-refractivity contribution in [3.8, 4) is 10.6 Å². The van der Waals surface area contributed by atoms with E-state index in [1.54, 1.807) is 30.6 Å². The number of rotatable bonds is 5. The van der Waals surface area contributed by atoms with Crippen molar-refractivity contribution >= 4 is 17.2 Å². The molecule has 3 atom stereocenters. The summed E-state index contributed by atoms with van der Waals surface area (Å²) in [7, 11) is 1.73. The molecule has 1 aliphatic heterocycles. The average molecular weight is 402 g/mol. The van der Waals surface area contributed by atoms with E-state index in [1.165, 1.54) is 4.68 Å². The smallest absolute Gasteiger partial charge is 0.266 e. The van der Waals surface area contributed by atoms with Gasteiger partial charge in [-0.2, -0.15) is 5.10 Å². The molecule has 0 spiro atoms. The van der Waals surface area contributed by atoms with Crippen molar-refractivity contribution in [1.82, 2.24) is 14.7 Å². The summed E-state index contributed by atoms with van der Waals surface area (Å²) in [5.41, 5.74) is 0.692. The highest BCUT2D eigenvalue weighted by molar-refractivity contribution is 7.13. The second-order valence-corrected chi connectivity index (χ2v) is 8.71. The van der Waals surface area contributed by atoms with Gasteiger partial charge in [0.25, 0.3) is 5.56 Å². The van der Waals surface area contributed by atoms with Gasteiger partial charge in [0.15, 0.2) is 0 Å². The summed E-state index contributed by atoms with van der Waals surface area (Å²) in [6, 6.07) is 7.37. The van der Waals surface area contributed by atoms with E-state index in [-0.39, 0.29) is 29.5 Å². The Balaban J connectivity index is 1.49. The fourth-order valence-electron chi connectivity index (χ4n) is 4.47. The zero-order valence-corrected chi connectivity index (χ0v) is 17.1. The second-order valence-electron chi connectivity index (χ2n) is 7.77. The lowest BCUT2D eigenvalue weighted by Crippen LogP contribution is -2.44. The normalized spacial score (nSPS) is 25.2. The molecule has 0 N–H and O–H groups in total. The second kappa shape index (κ2) is 8.57. The van der Waals surface area contributed by atoms with Crippen molar-refractivity contribution in [3.05, 3.63) is 40.0 Å². The number of nitrogens with zero attached hydrogens (tertiary/aromatic N) is 3. The highest BCUT2D eigenvalue weighted by atomic mass is 32.1. The van der Waals surface area contributed by atoms with E-state index in [1.807, 2.05) is 22.4 Å². The van der Waals surface area contributed by atoms with Crippen LogP contribution in [0.4, 0.5) is 0 Å². The molecule has 2 aliphatic rings. The quantitative estimate of drug-likeness (QED) is 0.772. The van der Waals surface area contributed by atoms with Gasteiger partial charge in [0.1, 0.15) is 5.69 Å². The molecule has 28 heavy (non-hydrogen) atoms. The molecule has 1 amide bonds. The molecular weight excluding hydrogens is 374 g/mol. The number of carbonyl (C=O) groups is 1. The van der Waals surface area contributed by atoms with Crippen LogP contribution >= 0.6 is 11.3 Å². The number of aromatic nitrogens is 2. The standard InChI is InChI=1S/C21H27N3O3S/c1-27-17-7-2-5-15(13-17)21(26)23-11-3-6-16(23)14-24-20(25)10-9-18(22-24)19-8-4-12-28-19/h4,8-10,12,15-17H,2-3,5-7,11,13-14H2,1H3/t15?,16-,17?/m0/s1. The Morgan fingerprint density at radius 3 is 2.93 bits per heavy atom. The maximum absolute atomic E-state index is 13.2. The van der Waals surface area contributed by atoms with Crippen LogP contribution in [0.3, 0.4) is 0 Å². The summed E-state index contributed by atoms with van der Waals surface area (Å²) in [4.78, 5) is 28.6. The lowest BCUT2D eigenvalue weighted by atomic mass is 9.86. The molecule has 2 aromatic heterocycles. The van der Waals surface area contributed by atoms with E-state index in [4.69, 9.17) is 4.74 Å². The average Bonchev–Trinajstić information content (AvgIpc) is 3.41. The van der Waals surface area contributed by atoms with Crippen LogP contribution in [0.1, 0.15) is 38.5 Å². The topological polar surface area (TPSA) is 64.4 Å². The van der Waals surface area contributed by atoms with Crippen LogP contribution in [0, 0.1) is 5.92 Å². The monoisotopic (exact) mass is 401 g/mol. The fourth-order valence-corrected chi connectivity index (χ4v) is 5.16. The Bertz CT molecular complexity index is 864. The minimum atomic E-state index is -0.114. The van der Waals surface area contributed by atoms with Crippen LogP contribution in [-0.4, -0.2) is 46.4 Å². The van der Waals surface area contributed by atoms with E-state index in [0.29, 0.717) is 6.54 Å². The third kappa shape index (κ3) is 4.05. The number of likely N-dealkylation sites (tertiary alicyclic amines) is 1. The molecule has 7 heteroatoms. The Kier molecular flexibility index (Phi) is 5.92.